The van der Waals surface area contributed by atoms with Gasteiger partial charge in [0.15, 0.2) is 0 Å². The summed E-state index contributed by atoms with van der Waals surface area (Å²) in [7, 11) is 0. The van der Waals surface area contributed by atoms with E-state index in [2.05, 4.69) is 48.4 Å². The van der Waals surface area contributed by atoms with Gasteiger partial charge in [0.2, 0.25) is 0 Å². The molecule has 0 saturated carbocycles. The lowest BCUT2D eigenvalue weighted by Crippen LogP contribution is -2.23. The van der Waals surface area contributed by atoms with Crippen molar-refractivity contribution in [3.63, 3.8) is 0 Å². The van der Waals surface area contributed by atoms with Crippen LogP contribution in [-0.4, -0.2) is 17.6 Å². The molecule has 0 amide bonds. The molecule has 0 aliphatic carbocycles. The molecule has 0 radical (unpaired) electrons. The van der Waals surface area contributed by atoms with Crippen LogP contribution in [0.3, 0.4) is 0 Å². The molecule has 0 fully saturated rings. The molecule has 0 atom stereocenters. The number of hydrogen-bond donors (Lipinski definition) is 1. The van der Waals surface area contributed by atoms with Gasteiger partial charge in [-0.2, -0.15) is 0 Å². The molecule has 2 heteroatoms. The Bertz CT molecular complexity index is 472. The Kier molecular flexibility index (Phi) is 4.10. The molecule has 0 aliphatic heterocycles. The Morgan fingerprint density at radius 3 is 2.94 bits per heavy atom. The van der Waals surface area contributed by atoms with E-state index in [0.29, 0.717) is 6.04 Å². The van der Waals surface area contributed by atoms with Gasteiger partial charge in [-0.1, -0.05) is 32.0 Å². The number of rotatable bonds is 5. The van der Waals surface area contributed by atoms with Crippen LogP contribution in [0.25, 0.3) is 10.8 Å². The molecule has 1 aromatic heterocycles. The van der Waals surface area contributed by atoms with E-state index >= 15 is 0 Å². The van der Waals surface area contributed by atoms with Gasteiger partial charge in [-0.25, -0.2) is 0 Å². The third-order valence-corrected chi connectivity index (χ3v) is 2.95. The third-order valence-electron chi connectivity index (χ3n) is 2.95. The summed E-state index contributed by atoms with van der Waals surface area (Å²) in [6.07, 6.45) is 6.12. The zero-order valence-electron chi connectivity index (χ0n) is 10.6. The van der Waals surface area contributed by atoms with E-state index in [4.69, 9.17) is 0 Å². The molecule has 1 aromatic carbocycles. The lowest BCUT2D eigenvalue weighted by Gasteiger charge is -2.09. The van der Waals surface area contributed by atoms with Gasteiger partial charge in [-0.3, -0.25) is 4.98 Å². The predicted octanol–water partition coefficient (Wildman–Crippen LogP) is 3.17. The van der Waals surface area contributed by atoms with E-state index in [-0.39, 0.29) is 0 Å². The Balaban J connectivity index is 2.03. The van der Waals surface area contributed by atoms with Crippen LogP contribution in [0.5, 0.6) is 0 Å². The van der Waals surface area contributed by atoms with E-state index in [1.165, 1.54) is 22.8 Å². The van der Waals surface area contributed by atoms with Crippen LogP contribution in [0, 0.1) is 0 Å². The molecule has 1 N–H and O–H groups in total. The maximum absolute atomic E-state index is 4.16. The molecule has 0 aliphatic rings. The second-order valence-corrected chi connectivity index (χ2v) is 4.73. The second kappa shape index (κ2) is 5.78. The monoisotopic (exact) mass is 228 g/mol. The quantitative estimate of drug-likeness (QED) is 0.795. The number of nitrogens with one attached hydrogen (secondary N) is 1. The van der Waals surface area contributed by atoms with Crippen molar-refractivity contribution in [3.05, 3.63) is 42.2 Å². The van der Waals surface area contributed by atoms with Crippen LogP contribution < -0.4 is 5.32 Å². The first-order chi connectivity index (χ1) is 8.27. The zero-order valence-corrected chi connectivity index (χ0v) is 10.6. The fourth-order valence-corrected chi connectivity index (χ4v) is 2.08. The first kappa shape index (κ1) is 12.1. The summed E-state index contributed by atoms with van der Waals surface area (Å²) in [4.78, 5) is 4.16. The minimum atomic E-state index is 0.576. The van der Waals surface area contributed by atoms with Gasteiger partial charge in [0.1, 0.15) is 0 Å². The van der Waals surface area contributed by atoms with Crippen LogP contribution in [0.2, 0.25) is 0 Å². The summed E-state index contributed by atoms with van der Waals surface area (Å²) in [5, 5.41) is 6.03. The molecule has 17 heavy (non-hydrogen) atoms. The molecule has 2 nitrogen and oxygen atoms in total. The van der Waals surface area contributed by atoms with Crippen molar-refractivity contribution < 1.29 is 0 Å². The highest BCUT2D eigenvalue weighted by Gasteiger charge is 2.00. The summed E-state index contributed by atoms with van der Waals surface area (Å²) >= 11 is 0. The third kappa shape index (κ3) is 3.27. The van der Waals surface area contributed by atoms with E-state index in [1.54, 1.807) is 0 Å². The fourth-order valence-electron chi connectivity index (χ4n) is 2.08. The summed E-state index contributed by atoms with van der Waals surface area (Å²) < 4.78 is 0. The average Bonchev–Trinajstić information content (AvgIpc) is 2.34. The fraction of sp³-hybridized carbons (Fsp3) is 0.400. The van der Waals surface area contributed by atoms with Crippen LogP contribution in [-0.2, 0) is 6.42 Å². The van der Waals surface area contributed by atoms with Crippen LogP contribution in [0.15, 0.2) is 36.7 Å². The van der Waals surface area contributed by atoms with Crippen molar-refractivity contribution in [1.29, 1.82) is 0 Å². The standard InChI is InChI=1S/C15H20N2/c1-12(2)17-9-4-7-13-5-3-6-14-11-16-10-8-15(13)14/h3,5-6,8,10-12,17H,4,7,9H2,1-2H3. The lowest BCUT2D eigenvalue weighted by atomic mass is 10.0. The van der Waals surface area contributed by atoms with E-state index in [1.807, 2.05) is 12.4 Å². The number of nitrogens with zero attached hydrogens (tertiary/aromatic N) is 1. The second-order valence-electron chi connectivity index (χ2n) is 4.73. The van der Waals surface area contributed by atoms with Crippen molar-refractivity contribution in [3.8, 4) is 0 Å². The average molecular weight is 228 g/mol. The number of aromatic nitrogens is 1. The predicted molar refractivity (Wildman–Crippen MR) is 73.2 cm³/mol. The highest BCUT2D eigenvalue weighted by Crippen LogP contribution is 2.18. The Morgan fingerprint density at radius 2 is 2.12 bits per heavy atom. The van der Waals surface area contributed by atoms with Crippen molar-refractivity contribution in [2.75, 3.05) is 6.54 Å². The van der Waals surface area contributed by atoms with Gasteiger partial charge in [-0.05, 0) is 36.4 Å². The van der Waals surface area contributed by atoms with Crippen LogP contribution in [0.4, 0.5) is 0 Å². The summed E-state index contributed by atoms with van der Waals surface area (Å²) in [5.41, 5.74) is 1.43. The van der Waals surface area contributed by atoms with Gasteiger partial charge >= 0.3 is 0 Å². The van der Waals surface area contributed by atoms with Crippen molar-refractivity contribution in [2.45, 2.75) is 32.7 Å². The summed E-state index contributed by atoms with van der Waals surface area (Å²) in [6.45, 7) is 5.45. The van der Waals surface area contributed by atoms with E-state index < -0.39 is 0 Å². The van der Waals surface area contributed by atoms with Crippen molar-refractivity contribution >= 4 is 10.8 Å². The maximum Gasteiger partial charge on any atom is 0.0346 e. The highest BCUT2D eigenvalue weighted by molar-refractivity contribution is 5.84. The number of benzene rings is 1. The molecular formula is C15H20N2. The van der Waals surface area contributed by atoms with Gasteiger partial charge in [0, 0.05) is 23.8 Å². The SMILES string of the molecule is CC(C)NCCCc1cccc2cnccc12. The smallest absolute Gasteiger partial charge is 0.0346 e. The zero-order chi connectivity index (χ0) is 12.1. The topological polar surface area (TPSA) is 24.9 Å². The number of fused-ring (bicyclic) bond motifs is 1. The molecule has 1 heterocycles. The molecule has 2 aromatic rings. The van der Waals surface area contributed by atoms with Crippen molar-refractivity contribution in [1.82, 2.24) is 10.3 Å². The van der Waals surface area contributed by atoms with Crippen LogP contribution in [0.1, 0.15) is 25.8 Å². The minimum absolute atomic E-state index is 0.576. The highest BCUT2D eigenvalue weighted by atomic mass is 14.9. The molecule has 0 bridgehead atoms. The number of pyridine rings is 1. The largest absolute Gasteiger partial charge is 0.315 e. The molecular weight excluding hydrogens is 208 g/mol. The number of aryl methyl sites for hydroxylation is 1. The lowest BCUT2D eigenvalue weighted by molar-refractivity contribution is 0.571. The first-order valence-corrected chi connectivity index (χ1v) is 6.32. The molecule has 0 saturated heterocycles. The van der Waals surface area contributed by atoms with Gasteiger partial charge in [-0.15, -0.1) is 0 Å². The van der Waals surface area contributed by atoms with Gasteiger partial charge in [0.05, 0.1) is 0 Å². The van der Waals surface area contributed by atoms with Gasteiger partial charge in [0.25, 0.3) is 0 Å². The van der Waals surface area contributed by atoms with Crippen molar-refractivity contribution in [2.24, 2.45) is 0 Å². The Labute approximate surface area is 103 Å². The number of hydrogen-bond acceptors (Lipinski definition) is 2. The summed E-state index contributed by atoms with van der Waals surface area (Å²) in [5.74, 6) is 0. The molecule has 0 spiro atoms. The minimum Gasteiger partial charge on any atom is -0.315 e. The normalized spacial score (nSPS) is 11.2. The van der Waals surface area contributed by atoms with Crippen LogP contribution >= 0.6 is 0 Å². The first-order valence-electron chi connectivity index (χ1n) is 6.32. The van der Waals surface area contributed by atoms with E-state index in [9.17, 15) is 0 Å². The molecule has 90 valence electrons. The Hall–Kier alpha value is -1.41. The molecule has 0 unspecified atom stereocenters. The Morgan fingerprint density at radius 1 is 1.24 bits per heavy atom. The maximum atomic E-state index is 4.16. The summed E-state index contributed by atoms with van der Waals surface area (Å²) in [6, 6.07) is 9.15. The van der Waals surface area contributed by atoms with Gasteiger partial charge < -0.3 is 5.32 Å². The van der Waals surface area contributed by atoms with E-state index in [0.717, 1.165) is 13.0 Å². The molecule has 2 rings (SSSR count).